The highest BCUT2D eigenvalue weighted by atomic mass is 35.5. The molecule has 128 valence electrons. The van der Waals surface area contributed by atoms with Crippen molar-refractivity contribution in [1.82, 2.24) is 0 Å². The fraction of sp³-hybridized carbons (Fsp3) is 0. The van der Waals surface area contributed by atoms with Gasteiger partial charge >= 0.3 is 5.97 Å². The number of rotatable bonds is 2. The Morgan fingerprint density at radius 3 is 1.28 bits per heavy atom. The van der Waals surface area contributed by atoms with Gasteiger partial charge in [0.25, 0.3) is 0 Å². The van der Waals surface area contributed by atoms with E-state index in [1.165, 1.54) is 18.2 Å². The first-order valence-electron chi connectivity index (χ1n) is 7.06. The predicted octanol–water partition coefficient (Wildman–Crippen LogP) is 7.35. The van der Waals surface area contributed by atoms with Crippen LogP contribution in [0.1, 0.15) is 10.4 Å². The molecular formula is C19H12Cl4O2. The number of hydrogen-bond donors (Lipinski definition) is 1. The molecule has 0 aliphatic heterocycles. The van der Waals surface area contributed by atoms with Crippen LogP contribution in [0.4, 0.5) is 0 Å². The van der Waals surface area contributed by atoms with Gasteiger partial charge in [0.2, 0.25) is 0 Å². The van der Waals surface area contributed by atoms with Crippen molar-refractivity contribution in [3.8, 4) is 11.1 Å². The summed E-state index contributed by atoms with van der Waals surface area (Å²) >= 11 is 22.7. The summed E-state index contributed by atoms with van der Waals surface area (Å²) in [6, 6.07) is 19.7. The smallest absolute Gasteiger partial charge is 0.335 e. The van der Waals surface area contributed by atoms with Gasteiger partial charge in [0.15, 0.2) is 0 Å². The molecule has 0 unspecified atom stereocenters. The van der Waals surface area contributed by atoms with Crippen LogP contribution in [0.5, 0.6) is 0 Å². The van der Waals surface area contributed by atoms with Gasteiger partial charge < -0.3 is 5.11 Å². The topological polar surface area (TPSA) is 37.3 Å². The lowest BCUT2D eigenvalue weighted by atomic mass is 10.1. The number of aromatic carboxylic acids is 1. The molecule has 0 spiro atoms. The molecule has 0 fully saturated rings. The SMILES string of the molecule is Clc1ccc(-c2ccc(Cl)cc2)cc1.O=C(O)c1cc(Cl)cc(Cl)c1. The molecule has 2 nitrogen and oxygen atoms in total. The Morgan fingerprint density at radius 1 is 0.600 bits per heavy atom. The van der Waals surface area contributed by atoms with Crippen LogP contribution in [0.3, 0.4) is 0 Å². The van der Waals surface area contributed by atoms with E-state index in [-0.39, 0.29) is 5.56 Å². The van der Waals surface area contributed by atoms with Crippen molar-refractivity contribution in [3.05, 3.63) is 92.4 Å². The Hall–Kier alpha value is -1.71. The molecule has 1 N–H and O–H groups in total. The molecule has 0 saturated heterocycles. The molecule has 0 saturated carbocycles. The van der Waals surface area contributed by atoms with E-state index in [0.29, 0.717) is 10.0 Å². The lowest BCUT2D eigenvalue weighted by Gasteiger charge is -2.01. The minimum absolute atomic E-state index is 0.0995. The number of halogens is 4. The van der Waals surface area contributed by atoms with Gasteiger partial charge in [0, 0.05) is 20.1 Å². The van der Waals surface area contributed by atoms with Crippen molar-refractivity contribution >= 4 is 52.4 Å². The lowest BCUT2D eigenvalue weighted by Crippen LogP contribution is -1.95. The monoisotopic (exact) mass is 412 g/mol. The van der Waals surface area contributed by atoms with Gasteiger partial charge in [0.05, 0.1) is 5.56 Å². The minimum Gasteiger partial charge on any atom is -0.478 e. The van der Waals surface area contributed by atoms with E-state index in [9.17, 15) is 4.79 Å². The molecule has 3 aromatic carbocycles. The summed E-state index contributed by atoms with van der Waals surface area (Å²) in [5.41, 5.74) is 2.39. The van der Waals surface area contributed by atoms with Crippen molar-refractivity contribution in [3.63, 3.8) is 0 Å². The minimum atomic E-state index is -1.03. The maximum absolute atomic E-state index is 10.4. The third-order valence-electron chi connectivity index (χ3n) is 3.13. The third-order valence-corrected chi connectivity index (χ3v) is 4.07. The fourth-order valence-electron chi connectivity index (χ4n) is 1.96. The first-order valence-corrected chi connectivity index (χ1v) is 8.57. The molecule has 0 heterocycles. The van der Waals surface area contributed by atoms with Gasteiger partial charge in [-0.2, -0.15) is 0 Å². The van der Waals surface area contributed by atoms with Crippen LogP contribution in [0, 0.1) is 0 Å². The van der Waals surface area contributed by atoms with Gasteiger partial charge in [-0.25, -0.2) is 4.79 Å². The largest absolute Gasteiger partial charge is 0.478 e. The van der Waals surface area contributed by atoms with Gasteiger partial charge in [-0.3, -0.25) is 0 Å². The van der Waals surface area contributed by atoms with Crippen LogP contribution in [0.2, 0.25) is 20.1 Å². The molecule has 6 heteroatoms. The van der Waals surface area contributed by atoms with E-state index in [1.807, 2.05) is 48.5 Å². The molecule has 0 aliphatic rings. The molecule has 3 rings (SSSR count). The molecular weight excluding hydrogens is 402 g/mol. The Labute approximate surface area is 165 Å². The second-order valence-electron chi connectivity index (χ2n) is 4.98. The summed E-state index contributed by atoms with van der Waals surface area (Å²) in [7, 11) is 0. The first kappa shape index (κ1) is 19.6. The predicted molar refractivity (Wildman–Crippen MR) is 105 cm³/mol. The van der Waals surface area contributed by atoms with Crippen LogP contribution >= 0.6 is 46.4 Å². The van der Waals surface area contributed by atoms with Gasteiger partial charge in [0.1, 0.15) is 0 Å². The quantitative estimate of drug-likeness (QED) is 0.476. The van der Waals surface area contributed by atoms with E-state index in [1.54, 1.807) is 0 Å². The molecule has 0 atom stereocenters. The van der Waals surface area contributed by atoms with E-state index >= 15 is 0 Å². The number of carbonyl (C=O) groups is 1. The molecule has 0 amide bonds. The van der Waals surface area contributed by atoms with Crippen molar-refractivity contribution < 1.29 is 9.90 Å². The van der Waals surface area contributed by atoms with E-state index < -0.39 is 5.97 Å². The normalized spacial score (nSPS) is 9.92. The van der Waals surface area contributed by atoms with Crippen LogP contribution < -0.4 is 0 Å². The highest BCUT2D eigenvalue weighted by molar-refractivity contribution is 6.35. The summed E-state index contributed by atoms with van der Waals surface area (Å²) in [6.07, 6.45) is 0. The molecule has 0 radical (unpaired) electrons. The second kappa shape index (κ2) is 9.12. The van der Waals surface area contributed by atoms with Crippen molar-refractivity contribution in [2.24, 2.45) is 0 Å². The third kappa shape index (κ3) is 6.26. The van der Waals surface area contributed by atoms with Crippen LogP contribution in [-0.4, -0.2) is 11.1 Å². The number of carboxylic acids is 1. The highest BCUT2D eigenvalue weighted by Crippen LogP contribution is 2.23. The Kier molecular flexibility index (Phi) is 7.15. The average molecular weight is 414 g/mol. The zero-order valence-corrected chi connectivity index (χ0v) is 15.7. The summed E-state index contributed by atoms with van der Waals surface area (Å²) < 4.78 is 0. The van der Waals surface area contributed by atoms with Gasteiger partial charge in [-0.05, 0) is 53.6 Å². The molecule has 0 bridgehead atoms. The number of carboxylic acid groups (broad SMARTS) is 1. The lowest BCUT2D eigenvalue weighted by molar-refractivity contribution is 0.0697. The van der Waals surface area contributed by atoms with Crippen molar-refractivity contribution in [2.75, 3.05) is 0 Å². The Balaban J connectivity index is 0.000000186. The average Bonchev–Trinajstić information content (AvgIpc) is 2.56. The van der Waals surface area contributed by atoms with Crippen LogP contribution in [-0.2, 0) is 0 Å². The van der Waals surface area contributed by atoms with Crippen LogP contribution in [0.25, 0.3) is 11.1 Å². The fourth-order valence-corrected chi connectivity index (χ4v) is 2.74. The van der Waals surface area contributed by atoms with Crippen molar-refractivity contribution in [2.45, 2.75) is 0 Å². The van der Waals surface area contributed by atoms with Gasteiger partial charge in [-0.15, -0.1) is 0 Å². The van der Waals surface area contributed by atoms with E-state index in [2.05, 4.69) is 0 Å². The zero-order valence-electron chi connectivity index (χ0n) is 12.7. The van der Waals surface area contributed by atoms with Gasteiger partial charge in [-0.1, -0.05) is 70.7 Å². The van der Waals surface area contributed by atoms with E-state index in [4.69, 9.17) is 51.5 Å². The molecule has 3 aromatic rings. The second-order valence-corrected chi connectivity index (χ2v) is 6.72. The van der Waals surface area contributed by atoms with E-state index in [0.717, 1.165) is 21.2 Å². The summed E-state index contributed by atoms with van der Waals surface area (Å²) in [4.78, 5) is 10.4. The zero-order chi connectivity index (χ0) is 18.4. The standard InChI is InChI=1S/C12H8Cl2.C7H4Cl2O2/c13-11-5-1-9(2-6-11)10-3-7-12(14)8-4-10;8-5-1-4(7(10)11)2-6(9)3-5/h1-8H;1-3H,(H,10,11). The van der Waals surface area contributed by atoms with Crippen molar-refractivity contribution in [1.29, 1.82) is 0 Å². The summed E-state index contributed by atoms with van der Waals surface area (Å²) in [5.74, 6) is -1.03. The molecule has 0 aliphatic carbocycles. The Morgan fingerprint density at radius 2 is 0.960 bits per heavy atom. The molecule has 25 heavy (non-hydrogen) atoms. The Bertz CT molecular complexity index is 796. The maximum Gasteiger partial charge on any atom is 0.335 e. The summed E-state index contributed by atoms with van der Waals surface area (Å²) in [6.45, 7) is 0. The maximum atomic E-state index is 10.4. The number of hydrogen-bond acceptors (Lipinski definition) is 1. The van der Waals surface area contributed by atoms with Crippen LogP contribution in [0.15, 0.2) is 66.7 Å². The summed E-state index contributed by atoms with van der Waals surface area (Å²) in [5, 5.41) is 10.7. The molecule has 0 aromatic heterocycles. The number of benzene rings is 3. The first-order chi connectivity index (χ1) is 11.8. The highest BCUT2D eigenvalue weighted by Gasteiger charge is 2.04.